The molecular formula is C20H17ClN2O2. The summed E-state index contributed by atoms with van der Waals surface area (Å²) in [5, 5.41) is 4.62. The van der Waals surface area contributed by atoms with Crippen molar-refractivity contribution in [3.63, 3.8) is 0 Å². The van der Waals surface area contributed by atoms with Crippen LogP contribution in [0.15, 0.2) is 64.1 Å². The Balaban J connectivity index is 1.66. The molecule has 1 amide bonds. The van der Waals surface area contributed by atoms with Gasteiger partial charge in [-0.15, -0.1) is 0 Å². The van der Waals surface area contributed by atoms with Gasteiger partial charge in [0, 0.05) is 16.1 Å². The average Bonchev–Trinajstić information content (AvgIpc) is 3.07. The van der Waals surface area contributed by atoms with Crippen molar-refractivity contribution in [3.05, 3.63) is 82.1 Å². The number of carbonyl (C=O) groups is 1. The number of nitrogens with one attached hydrogen (secondary N) is 1. The summed E-state index contributed by atoms with van der Waals surface area (Å²) in [7, 11) is 0. The lowest BCUT2D eigenvalue weighted by molar-refractivity contribution is 0.0955. The van der Waals surface area contributed by atoms with Gasteiger partial charge in [0.2, 0.25) is 0 Å². The lowest BCUT2D eigenvalue weighted by atomic mass is 10.1. The summed E-state index contributed by atoms with van der Waals surface area (Å²) in [5.74, 6) is 0.956. The molecule has 0 aliphatic heterocycles. The molecule has 4 nitrogen and oxygen atoms in total. The number of amides is 1. The Bertz CT molecular complexity index is 927. The Morgan fingerprint density at radius 3 is 2.56 bits per heavy atom. The number of hydrazone groups is 1. The van der Waals surface area contributed by atoms with Crippen molar-refractivity contribution in [3.8, 4) is 11.3 Å². The molecule has 0 unspecified atom stereocenters. The summed E-state index contributed by atoms with van der Waals surface area (Å²) in [6.45, 7) is 3.92. The van der Waals surface area contributed by atoms with Crippen LogP contribution in [0.25, 0.3) is 11.3 Å². The van der Waals surface area contributed by atoms with Crippen molar-refractivity contribution in [2.24, 2.45) is 5.10 Å². The maximum absolute atomic E-state index is 12.0. The van der Waals surface area contributed by atoms with E-state index in [1.54, 1.807) is 18.2 Å². The molecule has 0 saturated heterocycles. The summed E-state index contributed by atoms with van der Waals surface area (Å²) in [6.07, 6.45) is 1.46. The van der Waals surface area contributed by atoms with Gasteiger partial charge in [0.25, 0.3) is 5.91 Å². The smallest absolute Gasteiger partial charge is 0.271 e. The Morgan fingerprint density at radius 2 is 1.84 bits per heavy atom. The molecule has 0 spiro atoms. The maximum atomic E-state index is 12.0. The molecule has 0 aliphatic carbocycles. The molecule has 3 aromatic rings. The highest BCUT2D eigenvalue weighted by Crippen LogP contribution is 2.26. The van der Waals surface area contributed by atoms with Gasteiger partial charge in [-0.05, 0) is 49.7 Å². The van der Waals surface area contributed by atoms with Crippen molar-refractivity contribution in [2.45, 2.75) is 13.8 Å². The van der Waals surface area contributed by atoms with E-state index in [-0.39, 0.29) is 5.91 Å². The minimum Gasteiger partial charge on any atom is -0.455 e. The molecule has 1 N–H and O–H groups in total. The monoisotopic (exact) mass is 352 g/mol. The third kappa shape index (κ3) is 4.17. The first-order valence-corrected chi connectivity index (χ1v) is 8.17. The number of halogens is 1. The fourth-order valence-electron chi connectivity index (χ4n) is 2.25. The highest BCUT2D eigenvalue weighted by atomic mass is 35.5. The van der Waals surface area contributed by atoms with Gasteiger partial charge in [-0.3, -0.25) is 4.79 Å². The van der Waals surface area contributed by atoms with Gasteiger partial charge in [0.05, 0.1) is 6.21 Å². The zero-order chi connectivity index (χ0) is 17.8. The molecule has 0 bridgehead atoms. The predicted octanol–water partition coefficient (Wildman–Crippen LogP) is 4.98. The fourth-order valence-corrected chi connectivity index (χ4v) is 2.43. The summed E-state index contributed by atoms with van der Waals surface area (Å²) >= 11 is 6.14. The Morgan fingerprint density at radius 1 is 1.08 bits per heavy atom. The average molecular weight is 353 g/mol. The summed E-state index contributed by atoms with van der Waals surface area (Å²) < 4.78 is 5.71. The van der Waals surface area contributed by atoms with E-state index >= 15 is 0 Å². The molecule has 126 valence electrons. The number of hydrogen-bond donors (Lipinski definition) is 1. The second-order valence-corrected chi connectivity index (χ2v) is 6.14. The first-order chi connectivity index (χ1) is 12.0. The predicted molar refractivity (Wildman–Crippen MR) is 100 cm³/mol. The number of rotatable bonds is 4. The van der Waals surface area contributed by atoms with Crippen LogP contribution in [0, 0.1) is 13.8 Å². The molecule has 1 aromatic heterocycles. The van der Waals surface area contributed by atoms with Crippen LogP contribution in [0.3, 0.4) is 0 Å². The lowest BCUT2D eigenvalue weighted by Crippen LogP contribution is -2.17. The van der Waals surface area contributed by atoms with Crippen LogP contribution in [0.5, 0.6) is 0 Å². The van der Waals surface area contributed by atoms with Gasteiger partial charge in [0.15, 0.2) is 0 Å². The Labute approximate surface area is 151 Å². The second-order valence-electron chi connectivity index (χ2n) is 5.73. The van der Waals surface area contributed by atoms with Crippen LogP contribution in [-0.4, -0.2) is 12.1 Å². The van der Waals surface area contributed by atoms with Gasteiger partial charge < -0.3 is 4.42 Å². The highest BCUT2D eigenvalue weighted by molar-refractivity contribution is 6.31. The third-order valence-electron chi connectivity index (χ3n) is 3.75. The van der Waals surface area contributed by atoms with Crippen LogP contribution in [0.4, 0.5) is 0 Å². The number of furan rings is 1. The Kier molecular flexibility index (Phi) is 5.00. The molecule has 1 heterocycles. The van der Waals surface area contributed by atoms with Crippen molar-refractivity contribution >= 4 is 23.7 Å². The van der Waals surface area contributed by atoms with Crippen LogP contribution < -0.4 is 5.43 Å². The standard InChI is InChI=1S/C20H17ClN2O2/c1-13-3-6-15(7-4-13)20(24)23-22-12-17-9-10-19(25-17)16-8-5-14(2)18(21)11-16/h3-12H,1-2H3,(H,23,24). The van der Waals surface area contributed by atoms with Crippen LogP contribution in [-0.2, 0) is 0 Å². The molecule has 25 heavy (non-hydrogen) atoms. The number of nitrogens with zero attached hydrogens (tertiary/aromatic N) is 1. The quantitative estimate of drug-likeness (QED) is 0.531. The van der Waals surface area contributed by atoms with E-state index in [0.717, 1.165) is 16.7 Å². The molecule has 0 saturated carbocycles. The van der Waals surface area contributed by atoms with Gasteiger partial charge in [-0.25, -0.2) is 5.43 Å². The first kappa shape index (κ1) is 17.0. The second kappa shape index (κ2) is 7.36. The van der Waals surface area contributed by atoms with E-state index < -0.39 is 0 Å². The van der Waals surface area contributed by atoms with Crippen molar-refractivity contribution < 1.29 is 9.21 Å². The minimum atomic E-state index is -0.270. The van der Waals surface area contributed by atoms with Gasteiger partial charge in [-0.1, -0.05) is 41.4 Å². The molecule has 5 heteroatoms. The van der Waals surface area contributed by atoms with E-state index in [1.807, 2.05) is 50.2 Å². The highest BCUT2D eigenvalue weighted by Gasteiger charge is 2.06. The number of benzene rings is 2. The first-order valence-electron chi connectivity index (χ1n) is 7.79. The lowest BCUT2D eigenvalue weighted by Gasteiger charge is -2.01. The maximum Gasteiger partial charge on any atom is 0.271 e. The van der Waals surface area contributed by atoms with Crippen LogP contribution in [0.2, 0.25) is 5.02 Å². The topological polar surface area (TPSA) is 54.6 Å². The van der Waals surface area contributed by atoms with Gasteiger partial charge in [0.1, 0.15) is 11.5 Å². The van der Waals surface area contributed by atoms with Crippen LogP contribution in [0.1, 0.15) is 27.2 Å². The van der Waals surface area contributed by atoms with Gasteiger partial charge >= 0.3 is 0 Å². The molecule has 0 radical (unpaired) electrons. The van der Waals surface area contributed by atoms with Crippen molar-refractivity contribution in [2.75, 3.05) is 0 Å². The summed E-state index contributed by atoms with van der Waals surface area (Å²) in [4.78, 5) is 12.0. The largest absolute Gasteiger partial charge is 0.455 e. The molecular weight excluding hydrogens is 336 g/mol. The molecule has 0 atom stereocenters. The van der Waals surface area contributed by atoms with Crippen molar-refractivity contribution in [1.82, 2.24) is 5.43 Å². The number of carbonyl (C=O) groups excluding carboxylic acids is 1. The SMILES string of the molecule is Cc1ccc(C(=O)NN=Cc2ccc(-c3ccc(C)c(Cl)c3)o2)cc1. The molecule has 2 aromatic carbocycles. The van der Waals surface area contributed by atoms with Crippen LogP contribution >= 0.6 is 11.6 Å². The molecule has 0 aliphatic rings. The minimum absolute atomic E-state index is 0.270. The summed E-state index contributed by atoms with van der Waals surface area (Å²) in [6, 6.07) is 16.6. The Hall–Kier alpha value is -2.85. The van der Waals surface area contributed by atoms with Crippen molar-refractivity contribution in [1.29, 1.82) is 0 Å². The summed E-state index contributed by atoms with van der Waals surface area (Å²) in [5.41, 5.74) is 6.03. The zero-order valence-electron chi connectivity index (χ0n) is 13.9. The van der Waals surface area contributed by atoms with E-state index in [9.17, 15) is 4.79 Å². The number of aryl methyl sites for hydroxylation is 2. The van der Waals surface area contributed by atoms with Gasteiger partial charge in [-0.2, -0.15) is 5.10 Å². The molecule has 0 fully saturated rings. The van der Waals surface area contributed by atoms with E-state index in [1.165, 1.54) is 6.21 Å². The zero-order valence-corrected chi connectivity index (χ0v) is 14.7. The fraction of sp³-hybridized carbons (Fsp3) is 0.100. The number of hydrogen-bond acceptors (Lipinski definition) is 3. The van der Waals surface area contributed by atoms with E-state index in [4.69, 9.17) is 16.0 Å². The molecule has 3 rings (SSSR count). The normalized spacial score (nSPS) is 11.0. The van der Waals surface area contributed by atoms with E-state index in [2.05, 4.69) is 10.5 Å². The van der Waals surface area contributed by atoms with E-state index in [0.29, 0.717) is 22.1 Å². The third-order valence-corrected chi connectivity index (χ3v) is 4.16.